The molecule has 5 unspecified atom stereocenters. The van der Waals surface area contributed by atoms with Gasteiger partial charge >= 0.3 is 0 Å². The van der Waals surface area contributed by atoms with Crippen LogP contribution in [0.2, 0.25) is 0 Å². The van der Waals surface area contributed by atoms with Crippen LogP contribution in [0.4, 0.5) is 0 Å². The molecule has 0 aliphatic heterocycles. The molecule has 0 aliphatic rings. The van der Waals surface area contributed by atoms with Gasteiger partial charge in [0.2, 0.25) is 5.91 Å². The van der Waals surface area contributed by atoms with Gasteiger partial charge in [-0.05, 0) is 13.5 Å². The summed E-state index contributed by atoms with van der Waals surface area (Å²) >= 11 is 0. The van der Waals surface area contributed by atoms with E-state index in [0.29, 0.717) is 6.42 Å². The first kappa shape index (κ1) is 22.9. The van der Waals surface area contributed by atoms with Crippen LogP contribution in [-0.2, 0) is 9.59 Å². The van der Waals surface area contributed by atoms with Crippen LogP contribution in [0.3, 0.4) is 0 Å². The lowest BCUT2D eigenvalue weighted by atomic mass is 9.98. The Morgan fingerprint density at radius 1 is 1.00 bits per heavy atom. The second kappa shape index (κ2) is 11.5. The number of aliphatic hydroxyl groups is 5. The van der Waals surface area contributed by atoms with Gasteiger partial charge in [-0.3, -0.25) is 9.59 Å². The molecule has 9 heteroatoms. The van der Waals surface area contributed by atoms with Crippen LogP contribution in [0.15, 0.2) is 0 Å². The van der Waals surface area contributed by atoms with Gasteiger partial charge in [-0.15, -0.1) is 0 Å². The highest BCUT2D eigenvalue weighted by Gasteiger charge is 2.30. The number of ketones is 1. The number of aliphatic hydroxyl groups excluding tert-OH is 5. The van der Waals surface area contributed by atoms with Crippen LogP contribution in [-0.4, -0.2) is 87.9 Å². The van der Waals surface area contributed by atoms with Crippen molar-refractivity contribution in [3.05, 3.63) is 0 Å². The van der Waals surface area contributed by atoms with Crippen molar-refractivity contribution in [3.63, 3.8) is 0 Å². The summed E-state index contributed by atoms with van der Waals surface area (Å²) in [5, 5.41) is 51.9. The SMILES string of the molecule is CNC(CCC(=O)NCC(O)C(O)C(O)C(O)CO)C(=O)C(C)C. The smallest absolute Gasteiger partial charge is 0.220 e. The zero-order chi connectivity index (χ0) is 18.9. The Labute approximate surface area is 141 Å². The molecule has 142 valence electrons. The summed E-state index contributed by atoms with van der Waals surface area (Å²) in [6.07, 6.45) is -6.22. The van der Waals surface area contributed by atoms with Gasteiger partial charge < -0.3 is 36.2 Å². The van der Waals surface area contributed by atoms with Crippen LogP contribution in [0, 0.1) is 5.92 Å². The zero-order valence-electron chi connectivity index (χ0n) is 14.3. The van der Waals surface area contributed by atoms with E-state index < -0.39 is 43.0 Å². The standard InChI is InChI=1S/C15H30N2O7/c1-8(2)13(22)9(16-3)4-5-12(21)17-6-10(19)14(23)15(24)11(20)7-18/h8-11,14-16,18-20,23-24H,4-7H2,1-3H3,(H,17,21). The van der Waals surface area contributed by atoms with Crippen molar-refractivity contribution in [2.75, 3.05) is 20.2 Å². The number of likely N-dealkylation sites (N-methyl/N-ethyl adjacent to an activating group) is 1. The quantitative estimate of drug-likeness (QED) is 0.198. The van der Waals surface area contributed by atoms with Gasteiger partial charge in [0.05, 0.1) is 18.8 Å². The topological polar surface area (TPSA) is 159 Å². The molecule has 7 N–H and O–H groups in total. The highest BCUT2D eigenvalue weighted by atomic mass is 16.4. The van der Waals surface area contributed by atoms with E-state index in [1.807, 2.05) is 0 Å². The summed E-state index contributed by atoms with van der Waals surface area (Å²) in [6, 6.07) is -0.437. The Kier molecular flexibility index (Phi) is 10.9. The van der Waals surface area contributed by atoms with E-state index in [9.17, 15) is 30.0 Å². The number of amides is 1. The number of carbonyl (C=O) groups excluding carboxylic acids is 2. The molecule has 0 fully saturated rings. The van der Waals surface area contributed by atoms with E-state index in [1.165, 1.54) is 0 Å². The van der Waals surface area contributed by atoms with Gasteiger partial charge in [0.15, 0.2) is 5.78 Å². The molecule has 0 saturated heterocycles. The summed E-state index contributed by atoms with van der Waals surface area (Å²) in [7, 11) is 1.64. The number of hydrogen-bond donors (Lipinski definition) is 7. The molecular formula is C15H30N2O7. The summed E-state index contributed by atoms with van der Waals surface area (Å²) in [5.74, 6) is -0.570. The molecule has 0 aromatic rings. The maximum absolute atomic E-state index is 11.9. The lowest BCUT2D eigenvalue weighted by Gasteiger charge is -2.25. The molecule has 0 radical (unpaired) electrons. The molecule has 0 aromatic carbocycles. The number of carbonyl (C=O) groups is 2. The Balaban J connectivity index is 4.27. The highest BCUT2D eigenvalue weighted by molar-refractivity contribution is 5.86. The second-order valence-electron chi connectivity index (χ2n) is 6.04. The van der Waals surface area contributed by atoms with Gasteiger partial charge in [0, 0.05) is 18.9 Å². The van der Waals surface area contributed by atoms with E-state index >= 15 is 0 Å². The van der Waals surface area contributed by atoms with Crippen LogP contribution < -0.4 is 10.6 Å². The third kappa shape index (κ3) is 7.65. The van der Waals surface area contributed by atoms with Crippen LogP contribution in [0.25, 0.3) is 0 Å². The monoisotopic (exact) mass is 350 g/mol. The molecule has 5 atom stereocenters. The summed E-state index contributed by atoms with van der Waals surface area (Å²) < 4.78 is 0. The van der Waals surface area contributed by atoms with Gasteiger partial charge in [-0.25, -0.2) is 0 Å². The van der Waals surface area contributed by atoms with Crippen molar-refractivity contribution >= 4 is 11.7 Å². The molecule has 24 heavy (non-hydrogen) atoms. The van der Waals surface area contributed by atoms with Crippen LogP contribution in [0.5, 0.6) is 0 Å². The molecule has 1 amide bonds. The molecule has 9 nitrogen and oxygen atoms in total. The van der Waals surface area contributed by atoms with Crippen molar-refractivity contribution in [1.29, 1.82) is 0 Å². The fourth-order valence-corrected chi connectivity index (χ4v) is 2.10. The maximum atomic E-state index is 11.9. The van der Waals surface area contributed by atoms with Gasteiger partial charge in [-0.1, -0.05) is 13.8 Å². The molecule has 0 bridgehead atoms. The van der Waals surface area contributed by atoms with Crippen LogP contribution >= 0.6 is 0 Å². The number of Topliss-reactive ketones (excluding diaryl/α,β-unsaturated/α-hetero) is 1. The van der Waals surface area contributed by atoms with Crippen molar-refractivity contribution in [1.82, 2.24) is 10.6 Å². The van der Waals surface area contributed by atoms with E-state index in [4.69, 9.17) is 5.11 Å². The number of nitrogens with one attached hydrogen (secondary N) is 2. The van der Waals surface area contributed by atoms with Gasteiger partial charge in [0.1, 0.15) is 18.3 Å². The fourth-order valence-electron chi connectivity index (χ4n) is 2.10. The first-order valence-electron chi connectivity index (χ1n) is 7.96. The predicted molar refractivity (Wildman–Crippen MR) is 86.0 cm³/mol. The summed E-state index contributed by atoms with van der Waals surface area (Å²) in [6.45, 7) is 2.44. The molecule has 0 heterocycles. The molecule has 0 aliphatic carbocycles. The average molecular weight is 350 g/mol. The van der Waals surface area contributed by atoms with Crippen LogP contribution in [0.1, 0.15) is 26.7 Å². The Morgan fingerprint density at radius 3 is 2.00 bits per heavy atom. The van der Waals surface area contributed by atoms with Crippen molar-refractivity contribution < 1.29 is 35.1 Å². The maximum Gasteiger partial charge on any atom is 0.220 e. The van der Waals surface area contributed by atoms with E-state index in [1.54, 1.807) is 20.9 Å². The Morgan fingerprint density at radius 2 is 1.54 bits per heavy atom. The lowest BCUT2D eigenvalue weighted by molar-refractivity contribution is -0.127. The minimum absolute atomic E-state index is 0.00173. The van der Waals surface area contributed by atoms with Gasteiger partial charge in [-0.2, -0.15) is 0 Å². The molecule has 0 spiro atoms. The number of rotatable bonds is 12. The second-order valence-corrected chi connectivity index (χ2v) is 6.04. The molecule has 0 aromatic heterocycles. The normalized spacial score (nSPS) is 17.9. The van der Waals surface area contributed by atoms with Crippen molar-refractivity contribution in [3.8, 4) is 0 Å². The Bertz CT molecular complexity index is 392. The van der Waals surface area contributed by atoms with E-state index in [2.05, 4.69) is 10.6 Å². The molecule has 0 rings (SSSR count). The van der Waals surface area contributed by atoms with E-state index in [0.717, 1.165) is 0 Å². The third-order valence-corrected chi connectivity index (χ3v) is 3.75. The summed E-state index contributed by atoms with van der Waals surface area (Å²) in [4.78, 5) is 23.6. The minimum Gasteiger partial charge on any atom is -0.394 e. The zero-order valence-corrected chi connectivity index (χ0v) is 14.3. The third-order valence-electron chi connectivity index (χ3n) is 3.75. The fraction of sp³-hybridized carbons (Fsp3) is 0.867. The first-order valence-corrected chi connectivity index (χ1v) is 7.96. The van der Waals surface area contributed by atoms with Crippen molar-refractivity contribution in [2.24, 2.45) is 5.92 Å². The van der Waals surface area contributed by atoms with E-state index in [-0.39, 0.29) is 24.7 Å². The predicted octanol–water partition coefficient (Wildman–Crippen LogP) is -2.87. The highest BCUT2D eigenvalue weighted by Crippen LogP contribution is 2.07. The Hall–Kier alpha value is -1.10. The summed E-state index contributed by atoms with van der Waals surface area (Å²) in [5.41, 5.74) is 0. The van der Waals surface area contributed by atoms with Gasteiger partial charge in [0.25, 0.3) is 0 Å². The average Bonchev–Trinajstić information content (AvgIpc) is 2.57. The lowest BCUT2D eigenvalue weighted by Crippen LogP contribution is -2.49. The van der Waals surface area contributed by atoms with Crippen molar-refractivity contribution in [2.45, 2.75) is 57.1 Å². The number of hydrogen-bond acceptors (Lipinski definition) is 8. The minimum atomic E-state index is -1.74. The molecule has 0 saturated carbocycles. The largest absolute Gasteiger partial charge is 0.394 e. The molecular weight excluding hydrogens is 320 g/mol. The first-order chi connectivity index (χ1) is 11.1.